The van der Waals surface area contributed by atoms with Gasteiger partial charge in [-0.15, -0.1) is 0 Å². The highest BCUT2D eigenvalue weighted by Gasteiger charge is 2.07. The predicted molar refractivity (Wildman–Crippen MR) is 78.8 cm³/mol. The Balaban J connectivity index is 2.51. The van der Waals surface area contributed by atoms with Gasteiger partial charge in [0.1, 0.15) is 5.82 Å². The highest BCUT2D eigenvalue weighted by atomic mass is 35.5. The van der Waals surface area contributed by atoms with E-state index in [1.54, 1.807) is 0 Å². The zero-order valence-electron chi connectivity index (χ0n) is 11.9. The third-order valence-corrected chi connectivity index (χ3v) is 2.88. The minimum absolute atomic E-state index is 0.0325. The van der Waals surface area contributed by atoms with E-state index in [0.717, 1.165) is 24.5 Å². The highest BCUT2D eigenvalue weighted by Crippen LogP contribution is 2.18. The zero-order chi connectivity index (χ0) is 14.1. The Morgan fingerprint density at radius 1 is 1.37 bits per heavy atom. The highest BCUT2D eigenvalue weighted by molar-refractivity contribution is 6.31. The van der Waals surface area contributed by atoms with E-state index in [9.17, 15) is 0 Å². The molecule has 0 radical (unpaired) electrons. The number of halogens is 1. The lowest BCUT2D eigenvalue weighted by Gasteiger charge is -2.14. The minimum Gasteiger partial charge on any atom is -0.379 e. The molecule has 0 saturated carbocycles. The van der Waals surface area contributed by atoms with E-state index >= 15 is 0 Å². The SMILES string of the molecule is CCCNc1ccc(Cl)c(COC(C)COCC)n1. The van der Waals surface area contributed by atoms with Crippen LogP contribution in [-0.2, 0) is 16.1 Å². The summed E-state index contributed by atoms with van der Waals surface area (Å²) in [4.78, 5) is 4.45. The maximum Gasteiger partial charge on any atom is 0.126 e. The quantitative estimate of drug-likeness (QED) is 0.754. The number of nitrogens with one attached hydrogen (secondary N) is 1. The van der Waals surface area contributed by atoms with Crippen molar-refractivity contribution in [3.63, 3.8) is 0 Å². The summed E-state index contributed by atoms with van der Waals surface area (Å²) in [6, 6.07) is 3.73. The Morgan fingerprint density at radius 2 is 2.16 bits per heavy atom. The zero-order valence-corrected chi connectivity index (χ0v) is 12.7. The molecular weight excluding hydrogens is 264 g/mol. The summed E-state index contributed by atoms with van der Waals surface area (Å²) in [5.74, 6) is 0.835. The van der Waals surface area contributed by atoms with Crippen molar-refractivity contribution in [1.82, 2.24) is 4.98 Å². The lowest BCUT2D eigenvalue weighted by molar-refractivity contribution is -0.0126. The smallest absolute Gasteiger partial charge is 0.126 e. The monoisotopic (exact) mass is 286 g/mol. The van der Waals surface area contributed by atoms with E-state index in [4.69, 9.17) is 21.1 Å². The lowest BCUT2D eigenvalue weighted by atomic mass is 10.3. The van der Waals surface area contributed by atoms with Gasteiger partial charge in [0.25, 0.3) is 0 Å². The maximum absolute atomic E-state index is 6.12. The molecule has 108 valence electrons. The standard InChI is InChI=1S/C14H23ClN2O2/c1-4-8-16-14-7-6-12(15)13(17-14)10-19-11(3)9-18-5-2/h6-7,11H,4-5,8-10H2,1-3H3,(H,16,17). The van der Waals surface area contributed by atoms with E-state index in [1.807, 2.05) is 26.0 Å². The number of aromatic nitrogens is 1. The van der Waals surface area contributed by atoms with E-state index in [0.29, 0.717) is 24.8 Å². The molecule has 1 atom stereocenters. The van der Waals surface area contributed by atoms with Gasteiger partial charge in [-0.3, -0.25) is 0 Å². The molecule has 1 aromatic heterocycles. The van der Waals surface area contributed by atoms with E-state index in [2.05, 4.69) is 17.2 Å². The van der Waals surface area contributed by atoms with Gasteiger partial charge < -0.3 is 14.8 Å². The Morgan fingerprint density at radius 3 is 2.84 bits per heavy atom. The summed E-state index contributed by atoms with van der Waals surface area (Å²) >= 11 is 6.12. The van der Waals surface area contributed by atoms with Crippen molar-refractivity contribution in [3.8, 4) is 0 Å². The first-order valence-corrected chi connectivity index (χ1v) is 7.13. The molecule has 0 fully saturated rings. The number of nitrogens with zero attached hydrogens (tertiary/aromatic N) is 1. The van der Waals surface area contributed by atoms with Gasteiger partial charge in [0.2, 0.25) is 0 Å². The molecule has 0 saturated heterocycles. The molecule has 0 bridgehead atoms. The second-order valence-corrected chi connectivity index (χ2v) is 4.74. The lowest BCUT2D eigenvalue weighted by Crippen LogP contribution is -2.16. The van der Waals surface area contributed by atoms with Crippen LogP contribution in [0.25, 0.3) is 0 Å². The van der Waals surface area contributed by atoms with E-state index in [-0.39, 0.29) is 6.10 Å². The van der Waals surface area contributed by atoms with Crippen LogP contribution in [0.2, 0.25) is 5.02 Å². The topological polar surface area (TPSA) is 43.4 Å². The molecule has 19 heavy (non-hydrogen) atoms. The van der Waals surface area contributed by atoms with Gasteiger partial charge in [-0.1, -0.05) is 18.5 Å². The maximum atomic E-state index is 6.12. The van der Waals surface area contributed by atoms with Gasteiger partial charge in [-0.25, -0.2) is 4.98 Å². The van der Waals surface area contributed by atoms with Crippen molar-refractivity contribution < 1.29 is 9.47 Å². The summed E-state index contributed by atoms with van der Waals surface area (Å²) < 4.78 is 11.0. The Hall–Kier alpha value is -0.840. The van der Waals surface area contributed by atoms with Crippen LogP contribution in [0.15, 0.2) is 12.1 Å². The average molecular weight is 287 g/mol. The van der Waals surface area contributed by atoms with Gasteiger partial charge in [0.15, 0.2) is 0 Å². The van der Waals surface area contributed by atoms with Crippen LogP contribution in [0.5, 0.6) is 0 Å². The van der Waals surface area contributed by atoms with Crippen LogP contribution >= 0.6 is 11.6 Å². The largest absolute Gasteiger partial charge is 0.379 e. The second kappa shape index (κ2) is 9.13. The molecule has 0 amide bonds. The molecule has 1 unspecified atom stereocenters. The first kappa shape index (κ1) is 16.2. The van der Waals surface area contributed by atoms with Gasteiger partial charge in [-0.05, 0) is 32.4 Å². The van der Waals surface area contributed by atoms with Crippen molar-refractivity contribution in [2.75, 3.05) is 25.1 Å². The number of anilines is 1. The summed E-state index contributed by atoms with van der Waals surface area (Å²) in [5.41, 5.74) is 0.756. The number of pyridine rings is 1. The van der Waals surface area contributed by atoms with Crippen LogP contribution in [-0.4, -0.2) is 30.8 Å². The Labute approximate surface area is 120 Å². The molecule has 1 N–H and O–H groups in total. The van der Waals surface area contributed by atoms with Gasteiger partial charge in [0.05, 0.1) is 30.0 Å². The molecule has 0 spiro atoms. The first-order valence-electron chi connectivity index (χ1n) is 6.76. The van der Waals surface area contributed by atoms with Gasteiger partial charge in [-0.2, -0.15) is 0 Å². The van der Waals surface area contributed by atoms with Crippen LogP contribution in [0, 0.1) is 0 Å². The van der Waals surface area contributed by atoms with Crippen molar-refractivity contribution >= 4 is 17.4 Å². The van der Waals surface area contributed by atoms with Crippen molar-refractivity contribution in [2.45, 2.75) is 39.9 Å². The summed E-state index contributed by atoms with van der Waals surface area (Å²) in [7, 11) is 0. The Kier molecular flexibility index (Phi) is 7.79. The number of ether oxygens (including phenoxy) is 2. The molecule has 1 aromatic rings. The number of rotatable bonds is 9. The van der Waals surface area contributed by atoms with E-state index < -0.39 is 0 Å². The van der Waals surface area contributed by atoms with Crippen LogP contribution in [0.4, 0.5) is 5.82 Å². The van der Waals surface area contributed by atoms with E-state index in [1.165, 1.54) is 0 Å². The molecule has 0 aromatic carbocycles. The molecule has 1 rings (SSSR count). The van der Waals surface area contributed by atoms with Crippen LogP contribution in [0.3, 0.4) is 0 Å². The van der Waals surface area contributed by atoms with Crippen LogP contribution < -0.4 is 5.32 Å². The molecule has 1 heterocycles. The van der Waals surface area contributed by atoms with Gasteiger partial charge >= 0.3 is 0 Å². The number of hydrogen-bond acceptors (Lipinski definition) is 4. The molecule has 0 aliphatic rings. The molecule has 0 aliphatic carbocycles. The summed E-state index contributed by atoms with van der Waals surface area (Å²) in [6.45, 7) is 8.63. The molecule has 4 nitrogen and oxygen atoms in total. The van der Waals surface area contributed by atoms with Gasteiger partial charge in [0, 0.05) is 13.2 Å². The fourth-order valence-electron chi connectivity index (χ4n) is 1.49. The average Bonchev–Trinajstić information content (AvgIpc) is 2.42. The molecule has 0 aliphatic heterocycles. The first-order chi connectivity index (χ1) is 9.17. The fraction of sp³-hybridized carbons (Fsp3) is 0.643. The molecular formula is C14H23ClN2O2. The predicted octanol–water partition coefficient (Wildman–Crippen LogP) is 3.50. The second-order valence-electron chi connectivity index (χ2n) is 4.33. The molecule has 5 heteroatoms. The third-order valence-electron chi connectivity index (χ3n) is 2.54. The normalized spacial score (nSPS) is 12.4. The third kappa shape index (κ3) is 6.23. The summed E-state index contributed by atoms with van der Waals surface area (Å²) in [6.07, 6.45) is 1.09. The summed E-state index contributed by atoms with van der Waals surface area (Å²) in [5, 5.41) is 3.86. The van der Waals surface area contributed by atoms with Crippen molar-refractivity contribution in [1.29, 1.82) is 0 Å². The van der Waals surface area contributed by atoms with Crippen LogP contribution in [0.1, 0.15) is 32.9 Å². The van der Waals surface area contributed by atoms with Crippen molar-refractivity contribution in [2.24, 2.45) is 0 Å². The fourth-order valence-corrected chi connectivity index (χ4v) is 1.65. The number of hydrogen-bond donors (Lipinski definition) is 1. The Bertz CT molecular complexity index is 374. The minimum atomic E-state index is 0.0325. The van der Waals surface area contributed by atoms with Crippen molar-refractivity contribution in [3.05, 3.63) is 22.8 Å².